The lowest BCUT2D eigenvalue weighted by atomic mass is 9.98. The van der Waals surface area contributed by atoms with E-state index >= 15 is 0 Å². The quantitative estimate of drug-likeness (QED) is 0.152. The Bertz CT molecular complexity index is 1490. The zero-order valence-corrected chi connectivity index (χ0v) is 27.8. The van der Waals surface area contributed by atoms with Gasteiger partial charge in [-0.25, -0.2) is 0 Å². The Morgan fingerprint density at radius 3 is 1.17 bits per heavy atom. The van der Waals surface area contributed by atoms with Crippen LogP contribution in [0.4, 0.5) is 0 Å². The maximum Gasteiger partial charge on any atom is 0.184 e. The fraction of sp³-hybridized carbons (Fsp3) is 0.368. The molecule has 4 aromatic rings. The average molecular weight is 661 g/mol. The molecule has 0 bridgehead atoms. The molecule has 4 aromatic carbocycles. The number of benzene rings is 4. The monoisotopic (exact) mass is 660 g/mol. The average Bonchev–Trinajstić information content (AvgIpc) is 3.14. The summed E-state index contributed by atoms with van der Waals surface area (Å²) in [6, 6.07) is 30.5. The minimum Gasteiger partial charge on any atom is -0.497 e. The van der Waals surface area contributed by atoms with Crippen molar-refractivity contribution >= 4 is 0 Å². The number of hydrogen-bond donors (Lipinski definition) is 1. The van der Waals surface area contributed by atoms with E-state index in [1.165, 1.54) is 0 Å². The maximum atomic E-state index is 11.4. The van der Waals surface area contributed by atoms with Crippen LogP contribution >= 0.6 is 0 Å². The van der Waals surface area contributed by atoms with Gasteiger partial charge < -0.3 is 47.7 Å². The molecule has 0 radical (unpaired) electrons. The number of aliphatic hydroxyl groups excluding tert-OH is 1. The molecule has 10 nitrogen and oxygen atoms in total. The van der Waals surface area contributed by atoms with Crippen molar-refractivity contribution in [2.24, 2.45) is 0 Å². The minimum absolute atomic E-state index is 0.143. The zero-order valence-electron chi connectivity index (χ0n) is 27.8. The van der Waals surface area contributed by atoms with Crippen molar-refractivity contribution in [3.05, 3.63) is 119 Å². The van der Waals surface area contributed by atoms with E-state index in [9.17, 15) is 5.11 Å². The lowest BCUT2D eigenvalue weighted by Crippen LogP contribution is -2.61. The van der Waals surface area contributed by atoms with Crippen LogP contribution in [0.3, 0.4) is 0 Å². The topological polar surface area (TPSA) is 103 Å². The Hall–Kier alpha value is -4.16. The molecule has 5 rings (SSSR count). The Kier molecular flexibility index (Phi) is 13.1. The molecule has 0 aromatic heterocycles. The number of rotatable bonds is 17. The van der Waals surface area contributed by atoms with Crippen LogP contribution < -0.4 is 18.9 Å². The van der Waals surface area contributed by atoms with Crippen molar-refractivity contribution in [2.45, 2.75) is 57.1 Å². The van der Waals surface area contributed by atoms with Crippen LogP contribution in [0.1, 0.15) is 22.3 Å². The highest BCUT2D eigenvalue weighted by Crippen LogP contribution is 2.31. The SMILES string of the molecule is COc1ccc(COC[C@H]2O[C@H](O)[C@H](OCc3ccc(OC)cc3)[C@@H](OCc3ccc(OC)cc3)[C@@H]2OCc2ccc(OC)cc2)cc1. The summed E-state index contributed by atoms with van der Waals surface area (Å²) in [5.41, 5.74) is 3.73. The molecule has 1 fully saturated rings. The van der Waals surface area contributed by atoms with Gasteiger partial charge in [-0.3, -0.25) is 0 Å². The fourth-order valence-electron chi connectivity index (χ4n) is 5.36. The van der Waals surface area contributed by atoms with E-state index in [-0.39, 0.29) is 26.4 Å². The summed E-state index contributed by atoms with van der Waals surface area (Å²) in [4.78, 5) is 0. The molecule has 256 valence electrons. The van der Waals surface area contributed by atoms with Gasteiger partial charge in [-0.05, 0) is 70.8 Å². The van der Waals surface area contributed by atoms with E-state index in [0.29, 0.717) is 6.61 Å². The highest BCUT2D eigenvalue weighted by Gasteiger charge is 2.48. The Labute approximate surface area is 282 Å². The number of ether oxygens (including phenoxy) is 9. The smallest absolute Gasteiger partial charge is 0.184 e. The molecule has 1 heterocycles. The summed E-state index contributed by atoms with van der Waals surface area (Å²) in [7, 11) is 6.50. The van der Waals surface area contributed by atoms with E-state index < -0.39 is 30.7 Å². The van der Waals surface area contributed by atoms with Crippen LogP contribution in [-0.2, 0) is 50.1 Å². The van der Waals surface area contributed by atoms with Crippen molar-refractivity contribution in [1.29, 1.82) is 0 Å². The summed E-state index contributed by atoms with van der Waals surface area (Å²) in [5.74, 6) is 3.00. The van der Waals surface area contributed by atoms with Gasteiger partial charge in [-0.1, -0.05) is 48.5 Å². The predicted octanol–water partition coefficient (Wildman–Crippen LogP) is 5.71. The second-order valence-electron chi connectivity index (χ2n) is 11.3. The van der Waals surface area contributed by atoms with Crippen molar-refractivity contribution in [2.75, 3.05) is 35.0 Å². The first-order valence-electron chi connectivity index (χ1n) is 15.8. The normalized spacial score (nSPS) is 20.6. The molecule has 0 saturated carbocycles. The molecule has 1 aliphatic heterocycles. The van der Waals surface area contributed by atoms with E-state index in [1.54, 1.807) is 28.4 Å². The first-order valence-corrected chi connectivity index (χ1v) is 15.8. The number of hydrogen-bond acceptors (Lipinski definition) is 10. The largest absolute Gasteiger partial charge is 0.497 e. The lowest BCUT2D eigenvalue weighted by molar-refractivity contribution is -0.317. The fourth-order valence-corrected chi connectivity index (χ4v) is 5.36. The molecule has 48 heavy (non-hydrogen) atoms. The van der Waals surface area contributed by atoms with E-state index in [2.05, 4.69) is 0 Å². The molecular weight excluding hydrogens is 616 g/mol. The van der Waals surface area contributed by atoms with Gasteiger partial charge in [0.1, 0.15) is 47.4 Å². The van der Waals surface area contributed by atoms with Crippen molar-refractivity contribution in [3.63, 3.8) is 0 Å². The summed E-state index contributed by atoms with van der Waals surface area (Å²) in [5, 5.41) is 11.4. The lowest BCUT2D eigenvalue weighted by Gasteiger charge is -2.44. The van der Waals surface area contributed by atoms with Crippen LogP contribution in [0.25, 0.3) is 0 Å². The Balaban J connectivity index is 1.37. The summed E-state index contributed by atoms with van der Waals surface area (Å²) in [6.45, 7) is 1.19. The van der Waals surface area contributed by atoms with Crippen LogP contribution in [0, 0.1) is 0 Å². The van der Waals surface area contributed by atoms with Gasteiger partial charge in [0.05, 0.1) is 61.5 Å². The summed E-state index contributed by atoms with van der Waals surface area (Å²) < 4.78 is 53.0. The highest BCUT2D eigenvalue weighted by atomic mass is 16.7. The predicted molar refractivity (Wildman–Crippen MR) is 178 cm³/mol. The van der Waals surface area contributed by atoms with Crippen molar-refractivity contribution < 1.29 is 47.7 Å². The highest BCUT2D eigenvalue weighted by molar-refractivity contribution is 5.29. The molecular formula is C38H44O10. The van der Waals surface area contributed by atoms with Crippen molar-refractivity contribution in [3.8, 4) is 23.0 Å². The van der Waals surface area contributed by atoms with E-state index in [0.717, 1.165) is 45.3 Å². The second-order valence-corrected chi connectivity index (χ2v) is 11.3. The van der Waals surface area contributed by atoms with Gasteiger partial charge in [-0.15, -0.1) is 0 Å². The molecule has 0 aliphatic carbocycles. The Morgan fingerprint density at radius 2 is 0.792 bits per heavy atom. The molecule has 1 N–H and O–H groups in total. The van der Waals surface area contributed by atoms with Crippen molar-refractivity contribution in [1.82, 2.24) is 0 Å². The number of methoxy groups -OCH3 is 4. The van der Waals surface area contributed by atoms with Gasteiger partial charge in [0.25, 0.3) is 0 Å². The second kappa shape index (κ2) is 17.8. The first-order chi connectivity index (χ1) is 23.5. The van der Waals surface area contributed by atoms with Gasteiger partial charge >= 0.3 is 0 Å². The minimum atomic E-state index is -1.31. The molecule has 5 atom stereocenters. The third kappa shape index (κ3) is 9.70. The molecule has 1 aliphatic rings. The third-order valence-electron chi connectivity index (χ3n) is 8.12. The molecule has 0 spiro atoms. The van der Waals surface area contributed by atoms with Gasteiger partial charge in [0.15, 0.2) is 6.29 Å². The van der Waals surface area contributed by atoms with Gasteiger partial charge in [-0.2, -0.15) is 0 Å². The molecule has 10 heteroatoms. The zero-order chi connectivity index (χ0) is 33.7. The van der Waals surface area contributed by atoms with E-state index in [1.807, 2.05) is 97.1 Å². The number of aliphatic hydroxyl groups is 1. The van der Waals surface area contributed by atoms with Crippen LogP contribution in [0.15, 0.2) is 97.1 Å². The maximum absolute atomic E-state index is 11.4. The standard InChI is InChI=1S/C38H44O10/c1-40-30-13-5-26(6-14-30)21-44-25-34-35(45-22-27-7-15-31(41-2)16-8-27)36(46-23-28-9-17-32(42-3)18-10-28)37(38(39)48-34)47-24-29-11-19-33(43-4)20-12-29/h5-20,34-39H,21-25H2,1-4H3/t34-,35-,36+,37-,38+/m1/s1. The van der Waals surface area contributed by atoms with Crippen LogP contribution in [-0.4, -0.2) is 70.9 Å². The summed E-state index contributed by atoms with van der Waals surface area (Å²) in [6.07, 6.45) is -4.23. The van der Waals surface area contributed by atoms with E-state index in [4.69, 9.17) is 42.6 Å². The molecule has 0 unspecified atom stereocenters. The summed E-state index contributed by atoms with van der Waals surface area (Å²) >= 11 is 0. The third-order valence-corrected chi connectivity index (χ3v) is 8.12. The first kappa shape index (κ1) is 35.2. The molecule has 0 amide bonds. The Morgan fingerprint density at radius 1 is 0.458 bits per heavy atom. The van der Waals surface area contributed by atoms with Crippen LogP contribution in [0.2, 0.25) is 0 Å². The molecule has 1 saturated heterocycles. The van der Waals surface area contributed by atoms with Crippen LogP contribution in [0.5, 0.6) is 23.0 Å². The van der Waals surface area contributed by atoms with Gasteiger partial charge in [0, 0.05) is 0 Å². The van der Waals surface area contributed by atoms with Gasteiger partial charge in [0.2, 0.25) is 0 Å².